The summed E-state index contributed by atoms with van der Waals surface area (Å²) in [5.74, 6) is -0.208. The zero-order valence-corrected chi connectivity index (χ0v) is 11.6. The molecule has 2 heteroatoms. The molecular weight excluding hydrogens is 239 g/mol. The van der Waals surface area contributed by atoms with Gasteiger partial charge in [-0.3, -0.25) is 0 Å². The van der Waals surface area contributed by atoms with Crippen molar-refractivity contribution in [2.24, 2.45) is 0 Å². The van der Waals surface area contributed by atoms with Crippen LogP contribution in [0, 0.1) is 12.7 Å². The Balaban J connectivity index is 2.27. The van der Waals surface area contributed by atoms with Crippen LogP contribution >= 0.6 is 0 Å². The number of rotatable bonds is 3. The third-order valence-corrected chi connectivity index (χ3v) is 3.09. The first-order valence-corrected chi connectivity index (χ1v) is 6.43. The molecule has 0 aliphatic heterocycles. The molecule has 2 aromatic rings. The molecule has 2 rings (SSSR count). The molecule has 0 aliphatic rings. The molecule has 19 heavy (non-hydrogen) atoms. The van der Waals surface area contributed by atoms with E-state index < -0.39 is 5.60 Å². The van der Waals surface area contributed by atoms with Crippen molar-refractivity contribution in [3.05, 3.63) is 59.4 Å². The third kappa shape index (κ3) is 3.65. The molecule has 0 saturated heterocycles. The Labute approximate surface area is 113 Å². The lowest BCUT2D eigenvalue weighted by Crippen LogP contribution is -2.21. The highest BCUT2D eigenvalue weighted by Crippen LogP contribution is 2.25. The highest BCUT2D eigenvalue weighted by Gasteiger charge is 2.13. The van der Waals surface area contributed by atoms with Gasteiger partial charge in [0, 0.05) is 6.42 Å². The zero-order valence-electron chi connectivity index (χ0n) is 11.6. The van der Waals surface area contributed by atoms with Crippen LogP contribution in [0.3, 0.4) is 0 Å². The highest BCUT2D eigenvalue weighted by atomic mass is 19.1. The Morgan fingerprint density at radius 2 is 1.68 bits per heavy atom. The minimum atomic E-state index is -0.701. The third-order valence-electron chi connectivity index (χ3n) is 3.09. The zero-order chi connectivity index (χ0) is 14.0. The second-order valence-corrected chi connectivity index (χ2v) is 5.65. The molecule has 1 N–H and O–H groups in total. The van der Waals surface area contributed by atoms with Crippen LogP contribution in [0.2, 0.25) is 0 Å². The van der Waals surface area contributed by atoms with E-state index in [-0.39, 0.29) is 5.82 Å². The van der Waals surface area contributed by atoms with Crippen LogP contribution in [0.4, 0.5) is 4.39 Å². The first-order chi connectivity index (χ1) is 8.85. The first kappa shape index (κ1) is 13.8. The first-order valence-electron chi connectivity index (χ1n) is 6.43. The van der Waals surface area contributed by atoms with Gasteiger partial charge in [0.05, 0.1) is 5.60 Å². The lowest BCUT2D eigenvalue weighted by molar-refractivity contribution is 0.0810. The molecule has 0 aromatic heterocycles. The van der Waals surface area contributed by atoms with Crippen molar-refractivity contribution in [1.29, 1.82) is 0 Å². The number of benzene rings is 2. The van der Waals surface area contributed by atoms with Crippen LogP contribution in [-0.4, -0.2) is 10.7 Å². The van der Waals surface area contributed by atoms with Crippen molar-refractivity contribution in [2.45, 2.75) is 32.8 Å². The molecule has 0 heterocycles. The summed E-state index contributed by atoms with van der Waals surface area (Å²) in [6.45, 7) is 5.50. The molecule has 2 aromatic carbocycles. The van der Waals surface area contributed by atoms with Gasteiger partial charge in [0.25, 0.3) is 0 Å². The maximum atomic E-state index is 13.1. The fourth-order valence-electron chi connectivity index (χ4n) is 2.25. The standard InChI is InChI=1S/C17H19FO/c1-12-10-15(18)8-9-16(12)14-6-4-13(5-7-14)11-17(2,3)19/h4-10,19H,11H2,1-3H3. The molecule has 0 radical (unpaired) electrons. The van der Waals surface area contributed by atoms with E-state index in [1.54, 1.807) is 26.0 Å². The molecule has 0 spiro atoms. The van der Waals surface area contributed by atoms with E-state index in [9.17, 15) is 9.50 Å². The Bertz CT molecular complexity index is 565. The Morgan fingerprint density at radius 3 is 2.21 bits per heavy atom. The lowest BCUT2D eigenvalue weighted by atomic mass is 9.95. The Kier molecular flexibility index (Phi) is 3.72. The van der Waals surface area contributed by atoms with E-state index in [1.807, 2.05) is 31.2 Å². The van der Waals surface area contributed by atoms with Gasteiger partial charge in [-0.05, 0) is 55.2 Å². The quantitative estimate of drug-likeness (QED) is 0.878. The van der Waals surface area contributed by atoms with Crippen LogP contribution < -0.4 is 0 Å². The van der Waals surface area contributed by atoms with Gasteiger partial charge in [-0.2, -0.15) is 0 Å². The summed E-state index contributed by atoms with van der Waals surface area (Å²) in [6.07, 6.45) is 0.621. The van der Waals surface area contributed by atoms with E-state index in [1.165, 1.54) is 6.07 Å². The van der Waals surface area contributed by atoms with Gasteiger partial charge < -0.3 is 5.11 Å². The van der Waals surface area contributed by atoms with Crippen molar-refractivity contribution in [2.75, 3.05) is 0 Å². The van der Waals surface area contributed by atoms with Crippen molar-refractivity contribution < 1.29 is 9.50 Å². The summed E-state index contributed by atoms with van der Waals surface area (Å²) in [4.78, 5) is 0. The molecule has 0 unspecified atom stereocenters. The predicted octanol–water partition coefficient (Wildman–Crippen LogP) is 4.11. The molecule has 0 aliphatic carbocycles. The largest absolute Gasteiger partial charge is 0.390 e. The molecule has 0 amide bonds. The van der Waals surface area contributed by atoms with Crippen molar-refractivity contribution in [3.8, 4) is 11.1 Å². The number of aryl methyl sites for hydroxylation is 1. The van der Waals surface area contributed by atoms with Gasteiger partial charge in [0.2, 0.25) is 0 Å². The van der Waals surface area contributed by atoms with Crippen molar-refractivity contribution in [1.82, 2.24) is 0 Å². The van der Waals surface area contributed by atoms with Crippen LogP contribution in [0.1, 0.15) is 25.0 Å². The second kappa shape index (κ2) is 5.14. The fourth-order valence-corrected chi connectivity index (χ4v) is 2.25. The second-order valence-electron chi connectivity index (χ2n) is 5.65. The number of hydrogen-bond donors (Lipinski definition) is 1. The summed E-state index contributed by atoms with van der Waals surface area (Å²) in [7, 11) is 0. The van der Waals surface area contributed by atoms with Gasteiger partial charge in [-0.15, -0.1) is 0 Å². The fraction of sp³-hybridized carbons (Fsp3) is 0.294. The maximum absolute atomic E-state index is 13.1. The van der Waals surface area contributed by atoms with Gasteiger partial charge >= 0.3 is 0 Å². The van der Waals surface area contributed by atoms with Crippen molar-refractivity contribution >= 4 is 0 Å². The molecule has 0 fully saturated rings. The minimum Gasteiger partial charge on any atom is -0.390 e. The van der Waals surface area contributed by atoms with E-state index in [2.05, 4.69) is 0 Å². The predicted molar refractivity (Wildman–Crippen MR) is 76.6 cm³/mol. The summed E-state index contributed by atoms with van der Waals surface area (Å²) in [5, 5.41) is 9.79. The minimum absolute atomic E-state index is 0.208. The number of hydrogen-bond acceptors (Lipinski definition) is 1. The van der Waals surface area contributed by atoms with Crippen LogP contribution in [-0.2, 0) is 6.42 Å². The van der Waals surface area contributed by atoms with Crippen LogP contribution in [0.15, 0.2) is 42.5 Å². The van der Waals surface area contributed by atoms with E-state index >= 15 is 0 Å². The molecular formula is C17H19FO. The summed E-state index contributed by atoms with van der Waals surface area (Å²) < 4.78 is 13.1. The van der Waals surface area contributed by atoms with Gasteiger partial charge in [0.15, 0.2) is 0 Å². The van der Waals surface area contributed by atoms with E-state index in [0.29, 0.717) is 6.42 Å². The molecule has 0 saturated carbocycles. The summed E-state index contributed by atoms with van der Waals surface area (Å²) >= 11 is 0. The average molecular weight is 258 g/mol. The van der Waals surface area contributed by atoms with E-state index in [0.717, 1.165) is 22.3 Å². The number of halogens is 1. The average Bonchev–Trinajstić information content (AvgIpc) is 2.28. The maximum Gasteiger partial charge on any atom is 0.123 e. The lowest BCUT2D eigenvalue weighted by Gasteiger charge is -2.17. The summed E-state index contributed by atoms with van der Waals surface area (Å²) in [6, 6.07) is 12.9. The molecule has 1 nitrogen and oxygen atoms in total. The van der Waals surface area contributed by atoms with Crippen molar-refractivity contribution in [3.63, 3.8) is 0 Å². The highest BCUT2D eigenvalue weighted by molar-refractivity contribution is 5.67. The smallest absolute Gasteiger partial charge is 0.123 e. The van der Waals surface area contributed by atoms with Gasteiger partial charge in [-0.1, -0.05) is 30.3 Å². The van der Waals surface area contributed by atoms with Gasteiger partial charge in [-0.25, -0.2) is 4.39 Å². The Hall–Kier alpha value is -1.67. The molecule has 0 atom stereocenters. The van der Waals surface area contributed by atoms with E-state index in [4.69, 9.17) is 0 Å². The molecule has 0 bridgehead atoms. The van der Waals surface area contributed by atoms with Crippen LogP contribution in [0.5, 0.6) is 0 Å². The normalized spacial score (nSPS) is 11.6. The molecule has 100 valence electrons. The SMILES string of the molecule is Cc1cc(F)ccc1-c1ccc(CC(C)(C)O)cc1. The topological polar surface area (TPSA) is 20.2 Å². The van der Waals surface area contributed by atoms with Crippen LogP contribution in [0.25, 0.3) is 11.1 Å². The number of aliphatic hydroxyl groups is 1. The Morgan fingerprint density at radius 1 is 1.05 bits per heavy atom. The van der Waals surface area contributed by atoms with Gasteiger partial charge in [0.1, 0.15) is 5.82 Å². The monoisotopic (exact) mass is 258 g/mol. The summed E-state index contributed by atoms with van der Waals surface area (Å²) in [5.41, 5.74) is 3.42.